The predicted molar refractivity (Wildman–Crippen MR) is 110 cm³/mol. The predicted octanol–water partition coefficient (Wildman–Crippen LogP) is 3.57. The number of carbonyl (C=O) groups excluding carboxylic acids is 2. The fraction of sp³-hybridized carbons (Fsp3) is 0.130. The average molecular weight is 384 g/mol. The van der Waals surface area contributed by atoms with Gasteiger partial charge in [0.2, 0.25) is 0 Å². The SMILES string of the molecule is N#Cc1ccccc1NC(=O)c1ccnc(C(=O)NCCCc2ccccc2)c1. The number of carbonyl (C=O) groups is 2. The van der Waals surface area contributed by atoms with Crippen molar-refractivity contribution in [3.8, 4) is 6.07 Å². The molecular formula is C23H20N4O2. The zero-order valence-electron chi connectivity index (χ0n) is 15.8. The minimum absolute atomic E-state index is 0.172. The fourth-order valence-corrected chi connectivity index (χ4v) is 2.81. The average Bonchev–Trinajstić information content (AvgIpc) is 2.77. The van der Waals surface area contributed by atoms with Crippen LogP contribution >= 0.6 is 0 Å². The topological polar surface area (TPSA) is 94.9 Å². The minimum Gasteiger partial charge on any atom is -0.351 e. The van der Waals surface area contributed by atoms with Crippen LogP contribution in [0.25, 0.3) is 0 Å². The Morgan fingerprint density at radius 2 is 1.72 bits per heavy atom. The summed E-state index contributed by atoms with van der Waals surface area (Å²) in [6.45, 7) is 0.515. The van der Waals surface area contributed by atoms with Crippen LogP contribution < -0.4 is 10.6 Å². The van der Waals surface area contributed by atoms with Crippen molar-refractivity contribution in [2.75, 3.05) is 11.9 Å². The third-order valence-corrected chi connectivity index (χ3v) is 4.32. The fourth-order valence-electron chi connectivity index (χ4n) is 2.81. The zero-order valence-corrected chi connectivity index (χ0v) is 15.8. The number of para-hydroxylation sites is 1. The molecule has 29 heavy (non-hydrogen) atoms. The number of nitrogens with zero attached hydrogens (tertiary/aromatic N) is 2. The van der Waals surface area contributed by atoms with Gasteiger partial charge in [0.15, 0.2) is 0 Å². The van der Waals surface area contributed by atoms with Gasteiger partial charge in [0.05, 0.1) is 11.3 Å². The Balaban J connectivity index is 1.57. The van der Waals surface area contributed by atoms with Gasteiger partial charge in [0.25, 0.3) is 11.8 Å². The standard InChI is InChI=1S/C23H20N4O2/c24-16-19-10-4-5-11-20(19)27-22(28)18-12-14-25-21(15-18)23(29)26-13-6-9-17-7-2-1-3-8-17/h1-5,7-8,10-12,14-15H,6,9,13H2,(H,26,29)(H,27,28). The second kappa shape index (κ2) is 9.81. The van der Waals surface area contributed by atoms with Gasteiger partial charge in [-0.1, -0.05) is 42.5 Å². The van der Waals surface area contributed by atoms with Crippen molar-refractivity contribution < 1.29 is 9.59 Å². The van der Waals surface area contributed by atoms with Gasteiger partial charge in [-0.3, -0.25) is 14.6 Å². The van der Waals surface area contributed by atoms with Gasteiger partial charge in [-0.2, -0.15) is 5.26 Å². The Bertz CT molecular complexity index is 1040. The summed E-state index contributed by atoms with van der Waals surface area (Å²) in [5.41, 5.74) is 2.47. The van der Waals surface area contributed by atoms with E-state index in [4.69, 9.17) is 5.26 Å². The van der Waals surface area contributed by atoms with E-state index >= 15 is 0 Å². The molecule has 2 amide bonds. The summed E-state index contributed by atoms with van der Waals surface area (Å²) in [5.74, 6) is -0.738. The van der Waals surface area contributed by atoms with Crippen molar-refractivity contribution in [3.05, 3.63) is 95.3 Å². The molecule has 0 saturated carbocycles. The quantitative estimate of drug-likeness (QED) is 0.609. The molecule has 1 heterocycles. The van der Waals surface area contributed by atoms with Crippen LogP contribution in [0.15, 0.2) is 72.9 Å². The van der Waals surface area contributed by atoms with Crippen molar-refractivity contribution in [3.63, 3.8) is 0 Å². The maximum Gasteiger partial charge on any atom is 0.269 e. The van der Waals surface area contributed by atoms with Crippen molar-refractivity contribution >= 4 is 17.5 Å². The summed E-state index contributed by atoms with van der Waals surface area (Å²) < 4.78 is 0. The van der Waals surface area contributed by atoms with Gasteiger partial charge < -0.3 is 10.6 Å². The van der Waals surface area contributed by atoms with Crippen LogP contribution in [-0.2, 0) is 6.42 Å². The number of aromatic nitrogens is 1. The van der Waals surface area contributed by atoms with E-state index in [-0.39, 0.29) is 11.6 Å². The number of aryl methyl sites for hydroxylation is 1. The Morgan fingerprint density at radius 3 is 2.52 bits per heavy atom. The largest absolute Gasteiger partial charge is 0.351 e. The Hall–Kier alpha value is -3.98. The van der Waals surface area contributed by atoms with Gasteiger partial charge in [-0.25, -0.2) is 0 Å². The first-order valence-electron chi connectivity index (χ1n) is 9.26. The molecule has 2 aromatic carbocycles. The van der Waals surface area contributed by atoms with Crippen LogP contribution in [0, 0.1) is 11.3 Å². The molecule has 0 atom stereocenters. The van der Waals surface area contributed by atoms with Crippen LogP contribution in [0.1, 0.15) is 38.4 Å². The molecule has 0 radical (unpaired) electrons. The van der Waals surface area contributed by atoms with Crippen molar-refractivity contribution in [2.24, 2.45) is 0 Å². The highest BCUT2D eigenvalue weighted by Crippen LogP contribution is 2.15. The lowest BCUT2D eigenvalue weighted by Gasteiger charge is -2.08. The maximum absolute atomic E-state index is 12.5. The van der Waals surface area contributed by atoms with Gasteiger partial charge in [0.1, 0.15) is 11.8 Å². The lowest BCUT2D eigenvalue weighted by Crippen LogP contribution is -2.26. The highest BCUT2D eigenvalue weighted by atomic mass is 16.2. The number of hydrogen-bond acceptors (Lipinski definition) is 4. The van der Waals surface area contributed by atoms with Gasteiger partial charge in [-0.05, 0) is 42.7 Å². The summed E-state index contributed by atoms with van der Waals surface area (Å²) in [7, 11) is 0. The number of pyridine rings is 1. The molecule has 0 spiro atoms. The highest BCUT2D eigenvalue weighted by Gasteiger charge is 2.13. The zero-order chi connectivity index (χ0) is 20.5. The van der Waals surface area contributed by atoms with Gasteiger partial charge in [0, 0.05) is 18.3 Å². The molecule has 0 aliphatic carbocycles. The lowest BCUT2D eigenvalue weighted by molar-refractivity contribution is 0.0948. The van der Waals surface area contributed by atoms with E-state index in [0.29, 0.717) is 23.4 Å². The second-order valence-corrected chi connectivity index (χ2v) is 6.39. The first kappa shape index (κ1) is 19.8. The molecule has 3 aromatic rings. The van der Waals surface area contributed by atoms with Gasteiger partial charge in [-0.15, -0.1) is 0 Å². The number of rotatable bonds is 7. The van der Waals surface area contributed by atoms with E-state index in [9.17, 15) is 9.59 Å². The number of amides is 2. The molecule has 6 heteroatoms. The first-order valence-corrected chi connectivity index (χ1v) is 9.26. The first-order chi connectivity index (χ1) is 14.2. The summed E-state index contributed by atoms with van der Waals surface area (Å²) in [6, 6.07) is 21.8. The van der Waals surface area contributed by atoms with Crippen molar-refractivity contribution in [2.45, 2.75) is 12.8 Å². The number of nitrogens with one attached hydrogen (secondary N) is 2. The summed E-state index contributed by atoms with van der Waals surface area (Å²) in [4.78, 5) is 28.9. The molecule has 0 saturated heterocycles. The minimum atomic E-state index is -0.409. The molecule has 0 fully saturated rings. The molecule has 144 valence electrons. The van der Waals surface area contributed by atoms with E-state index in [2.05, 4.69) is 27.8 Å². The maximum atomic E-state index is 12.5. The lowest BCUT2D eigenvalue weighted by atomic mass is 10.1. The Labute approximate surface area is 169 Å². The van der Waals surface area contributed by atoms with Gasteiger partial charge >= 0.3 is 0 Å². The van der Waals surface area contributed by atoms with E-state index in [1.54, 1.807) is 24.3 Å². The summed E-state index contributed by atoms with van der Waals surface area (Å²) >= 11 is 0. The monoisotopic (exact) mass is 384 g/mol. The van der Waals surface area contributed by atoms with Crippen LogP contribution in [-0.4, -0.2) is 23.3 Å². The normalized spacial score (nSPS) is 10.0. The van der Waals surface area contributed by atoms with Crippen LogP contribution in [0.4, 0.5) is 5.69 Å². The number of nitriles is 1. The molecular weight excluding hydrogens is 364 g/mol. The summed E-state index contributed by atoms with van der Waals surface area (Å²) in [5, 5.41) is 14.7. The van der Waals surface area contributed by atoms with Crippen LogP contribution in [0.3, 0.4) is 0 Å². The Morgan fingerprint density at radius 1 is 0.966 bits per heavy atom. The molecule has 0 unspecified atom stereocenters. The van der Waals surface area contributed by atoms with E-state index in [0.717, 1.165) is 12.8 Å². The molecule has 6 nitrogen and oxygen atoms in total. The van der Waals surface area contributed by atoms with E-state index in [1.807, 2.05) is 24.3 Å². The third kappa shape index (κ3) is 5.50. The van der Waals surface area contributed by atoms with E-state index < -0.39 is 5.91 Å². The van der Waals surface area contributed by atoms with Crippen molar-refractivity contribution in [1.82, 2.24) is 10.3 Å². The number of hydrogen-bond donors (Lipinski definition) is 2. The number of benzene rings is 2. The highest BCUT2D eigenvalue weighted by molar-refractivity contribution is 6.06. The molecule has 0 aliphatic heterocycles. The van der Waals surface area contributed by atoms with E-state index in [1.165, 1.54) is 23.9 Å². The smallest absolute Gasteiger partial charge is 0.269 e. The molecule has 2 N–H and O–H groups in total. The Kier molecular flexibility index (Phi) is 6.69. The molecule has 1 aromatic heterocycles. The van der Waals surface area contributed by atoms with Crippen molar-refractivity contribution in [1.29, 1.82) is 5.26 Å². The molecule has 0 bridgehead atoms. The number of anilines is 1. The molecule has 3 rings (SSSR count). The van der Waals surface area contributed by atoms with Crippen LogP contribution in [0.5, 0.6) is 0 Å². The second-order valence-electron chi connectivity index (χ2n) is 6.39. The van der Waals surface area contributed by atoms with Crippen LogP contribution in [0.2, 0.25) is 0 Å². The molecule has 0 aliphatic rings. The summed E-state index contributed by atoms with van der Waals surface area (Å²) in [6.07, 6.45) is 3.10. The third-order valence-electron chi connectivity index (χ3n) is 4.32.